The van der Waals surface area contributed by atoms with Gasteiger partial charge in [-0.1, -0.05) is 17.7 Å². The van der Waals surface area contributed by atoms with Crippen LogP contribution in [0.1, 0.15) is 32.3 Å². The van der Waals surface area contributed by atoms with E-state index in [1.54, 1.807) is 24.3 Å². The Hall–Kier alpha value is -2.73. The number of hydrogen-bond donors (Lipinski definition) is 1. The Bertz CT molecular complexity index is 940. The molecular weight excluding hydrogens is 407 g/mol. The molecule has 1 saturated heterocycles. The van der Waals surface area contributed by atoms with E-state index < -0.39 is 11.7 Å². The Morgan fingerprint density at radius 3 is 2.67 bits per heavy atom. The summed E-state index contributed by atoms with van der Waals surface area (Å²) in [4.78, 5) is 14.6. The summed E-state index contributed by atoms with van der Waals surface area (Å²) >= 11 is 6.32. The SMILES string of the molecule is COc1cc(/C=C/C(=O)Nc2c(F)cccc2N2CCCC2)cc(Cl)c1OC(C)C. The second-order valence-corrected chi connectivity index (χ2v) is 7.76. The average molecular weight is 433 g/mol. The number of nitrogens with zero attached hydrogens (tertiary/aromatic N) is 1. The molecule has 0 atom stereocenters. The van der Waals surface area contributed by atoms with Gasteiger partial charge in [0.25, 0.3) is 0 Å². The van der Waals surface area contributed by atoms with Gasteiger partial charge in [-0.25, -0.2) is 4.39 Å². The molecule has 1 aliphatic heterocycles. The molecular formula is C23H26ClFN2O3. The first-order valence-corrected chi connectivity index (χ1v) is 10.3. The van der Waals surface area contributed by atoms with Crippen molar-refractivity contribution in [1.29, 1.82) is 0 Å². The molecule has 5 nitrogen and oxygen atoms in total. The van der Waals surface area contributed by atoms with Crippen LogP contribution in [-0.2, 0) is 4.79 Å². The van der Waals surface area contributed by atoms with Crippen molar-refractivity contribution in [2.24, 2.45) is 0 Å². The van der Waals surface area contributed by atoms with Crippen LogP contribution in [0.25, 0.3) is 6.08 Å². The first-order chi connectivity index (χ1) is 14.4. The number of methoxy groups -OCH3 is 1. The van der Waals surface area contributed by atoms with Crippen molar-refractivity contribution >= 4 is 35.0 Å². The molecule has 3 rings (SSSR count). The molecule has 0 radical (unpaired) electrons. The Morgan fingerprint density at radius 2 is 2.00 bits per heavy atom. The van der Waals surface area contributed by atoms with E-state index in [9.17, 15) is 9.18 Å². The number of nitrogens with one attached hydrogen (secondary N) is 1. The summed E-state index contributed by atoms with van der Waals surface area (Å²) < 4.78 is 25.5. The van der Waals surface area contributed by atoms with Gasteiger partial charge >= 0.3 is 0 Å². The third kappa shape index (κ3) is 5.25. The van der Waals surface area contributed by atoms with Crippen molar-refractivity contribution in [3.63, 3.8) is 0 Å². The molecule has 0 bridgehead atoms. The van der Waals surface area contributed by atoms with Crippen LogP contribution in [0.2, 0.25) is 5.02 Å². The predicted octanol–water partition coefficient (Wildman–Crippen LogP) is 5.53. The molecule has 0 aliphatic carbocycles. The van der Waals surface area contributed by atoms with Crippen LogP contribution in [0.5, 0.6) is 11.5 Å². The zero-order chi connectivity index (χ0) is 21.7. The van der Waals surface area contributed by atoms with Crippen LogP contribution in [-0.4, -0.2) is 32.2 Å². The minimum Gasteiger partial charge on any atom is -0.493 e. The summed E-state index contributed by atoms with van der Waals surface area (Å²) in [6.45, 7) is 5.50. The normalized spacial score (nSPS) is 13.9. The second kappa shape index (κ2) is 9.85. The molecule has 160 valence electrons. The van der Waals surface area contributed by atoms with E-state index in [2.05, 4.69) is 10.2 Å². The van der Waals surface area contributed by atoms with E-state index >= 15 is 0 Å². The molecule has 1 N–H and O–H groups in total. The lowest BCUT2D eigenvalue weighted by Crippen LogP contribution is -2.21. The van der Waals surface area contributed by atoms with Crippen molar-refractivity contribution < 1.29 is 18.7 Å². The zero-order valence-corrected chi connectivity index (χ0v) is 18.1. The summed E-state index contributed by atoms with van der Waals surface area (Å²) in [7, 11) is 1.52. The number of ether oxygens (including phenoxy) is 2. The monoisotopic (exact) mass is 432 g/mol. The molecule has 1 fully saturated rings. The second-order valence-electron chi connectivity index (χ2n) is 7.35. The lowest BCUT2D eigenvalue weighted by atomic mass is 10.1. The molecule has 30 heavy (non-hydrogen) atoms. The lowest BCUT2D eigenvalue weighted by Gasteiger charge is -2.21. The number of rotatable bonds is 7. The number of anilines is 2. The number of hydrogen-bond acceptors (Lipinski definition) is 4. The van der Waals surface area contributed by atoms with Crippen molar-refractivity contribution in [2.45, 2.75) is 32.8 Å². The van der Waals surface area contributed by atoms with Gasteiger partial charge < -0.3 is 19.7 Å². The van der Waals surface area contributed by atoms with Gasteiger partial charge in [0, 0.05) is 19.2 Å². The fourth-order valence-corrected chi connectivity index (χ4v) is 3.64. The van der Waals surface area contributed by atoms with E-state index in [1.807, 2.05) is 19.9 Å². The number of carbonyl (C=O) groups excluding carboxylic acids is 1. The van der Waals surface area contributed by atoms with Gasteiger partial charge in [0.1, 0.15) is 11.5 Å². The number of carbonyl (C=O) groups is 1. The van der Waals surface area contributed by atoms with Gasteiger partial charge in [0.2, 0.25) is 5.91 Å². The summed E-state index contributed by atoms with van der Waals surface area (Å²) in [6, 6.07) is 8.24. The maximum atomic E-state index is 14.4. The van der Waals surface area contributed by atoms with Crippen molar-refractivity contribution in [3.05, 3.63) is 52.8 Å². The molecule has 2 aromatic rings. The number of amides is 1. The van der Waals surface area contributed by atoms with Crippen LogP contribution in [0.3, 0.4) is 0 Å². The van der Waals surface area contributed by atoms with Gasteiger partial charge in [-0.3, -0.25) is 4.79 Å². The number of para-hydroxylation sites is 1. The highest BCUT2D eigenvalue weighted by Crippen LogP contribution is 2.37. The number of halogens is 2. The third-order valence-electron chi connectivity index (χ3n) is 4.72. The van der Waals surface area contributed by atoms with Crippen molar-refractivity contribution in [1.82, 2.24) is 0 Å². The minimum absolute atomic E-state index is 0.0610. The van der Waals surface area contributed by atoms with E-state index in [-0.39, 0.29) is 11.8 Å². The highest BCUT2D eigenvalue weighted by Gasteiger charge is 2.19. The quantitative estimate of drug-likeness (QED) is 0.584. The Labute approximate surface area is 181 Å². The molecule has 0 spiro atoms. The summed E-state index contributed by atoms with van der Waals surface area (Å²) in [5.74, 6) is 0.0401. The van der Waals surface area contributed by atoms with E-state index in [1.165, 1.54) is 19.3 Å². The van der Waals surface area contributed by atoms with Crippen LogP contribution in [0.4, 0.5) is 15.8 Å². The van der Waals surface area contributed by atoms with Gasteiger partial charge in [0.15, 0.2) is 11.5 Å². The molecule has 2 aromatic carbocycles. The van der Waals surface area contributed by atoms with Crippen LogP contribution >= 0.6 is 11.6 Å². The summed E-state index contributed by atoms with van der Waals surface area (Å²) in [5.41, 5.74) is 1.57. The van der Waals surface area contributed by atoms with Crippen LogP contribution in [0, 0.1) is 5.82 Å². The highest BCUT2D eigenvalue weighted by atomic mass is 35.5. The fourth-order valence-electron chi connectivity index (χ4n) is 3.38. The Kier molecular flexibility index (Phi) is 7.21. The van der Waals surface area contributed by atoms with Crippen molar-refractivity contribution in [3.8, 4) is 11.5 Å². The minimum atomic E-state index is -0.457. The van der Waals surface area contributed by atoms with E-state index in [0.29, 0.717) is 27.8 Å². The number of benzene rings is 2. The Morgan fingerprint density at radius 1 is 1.27 bits per heavy atom. The molecule has 0 unspecified atom stereocenters. The van der Waals surface area contributed by atoms with Gasteiger partial charge in [-0.2, -0.15) is 0 Å². The third-order valence-corrected chi connectivity index (χ3v) is 5.00. The molecule has 0 aromatic heterocycles. The average Bonchev–Trinajstić information content (AvgIpc) is 3.24. The van der Waals surface area contributed by atoms with Gasteiger partial charge in [0.05, 0.1) is 23.9 Å². The predicted molar refractivity (Wildman–Crippen MR) is 119 cm³/mol. The van der Waals surface area contributed by atoms with Gasteiger partial charge in [-0.05, 0) is 62.6 Å². The molecule has 7 heteroatoms. The molecule has 1 amide bonds. The zero-order valence-electron chi connectivity index (χ0n) is 17.4. The molecule has 1 heterocycles. The smallest absolute Gasteiger partial charge is 0.248 e. The topological polar surface area (TPSA) is 50.8 Å². The first-order valence-electron chi connectivity index (χ1n) is 9.95. The lowest BCUT2D eigenvalue weighted by molar-refractivity contribution is -0.111. The maximum absolute atomic E-state index is 14.4. The van der Waals surface area contributed by atoms with Crippen molar-refractivity contribution in [2.75, 3.05) is 30.4 Å². The Balaban J connectivity index is 1.78. The fraction of sp³-hybridized carbons (Fsp3) is 0.348. The van der Waals surface area contributed by atoms with Crippen LogP contribution < -0.4 is 19.7 Å². The molecule has 0 saturated carbocycles. The summed E-state index contributed by atoms with van der Waals surface area (Å²) in [5, 5.41) is 3.06. The van der Waals surface area contributed by atoms with Gasteiger partial charge in [-0.15, -0.1) is 0 Å². The highest BCUT2D eigenvalue weighted by molar-refractivity contribution is 6.32. The standard InChI is InChI=1S/C23H26ClFN2O3/c1-15(2)30-23-17(24)13-16(14-20(23)29-3)9-10-21(28)26-22-18(25)7-6-8-19(22)27-11-4-5-12-27/h6-10,13-15H,4-5,11-12H2,1-3H3,(H,26,28)/b10-9+. The largest absolute Gasteiger partial charge is 0.493 e. The van der Waals surface area contributed by atoms with E-state index in [0.717, 1.165) is 25.9 Å². The maximum Gasteiger partial charge on any atom is 0.248 e. The van der Waals surface area contributed by atoms with Crippen LogP contribution in [0.15, 0.2) is 36.4 Å². The summed E-state index contributed by atoms with van der Waals surface area (Å²) in [6.07, 6.45) is 4.99. The van der Waals surface area contributed by atoms with E-state index in [4.69, 9.17) is 21.1 Å². The first kappa shape index (κ1) is 22.0. The molecule has 1 aliphatic rings.